The molecule has 1 aliphatic heterocycles. The Morgan fingerprint density at radius 2 is 1.59 bits per heavy atom. The average molecular weight is 287 g/mol. The van der Waals surface area contributed by atoms with Crippen LogP contribution in [0.2, 0.25) is 0 Å². The van der Waals surface area contributed by atoms with E-state index >= 15 is 0 Å². The molecule has 0 aromatic heterocycles. The molecular formula is C7H13NO7S2. The zero-order chi connectivity index (χ0) is 13.5. The van der Waals surface area contributed by atoms with E-state index in [2.05, 4.69) is 0 Å². The molecule has 1 heterocycles. The summed E-state index contributed by atoms with van der Waals surface area (Å²) in [7, 11) is -8.49. The molecule has 3 N–H and O–H groups in total. The monoisotopic (exact) mass is 287 g/mol. The minimum Gasteiger partial charge on any atom is -0.373 e. The summed E-state index contributed by atoms with van der Waals surface area (Å²) in [6, 6.07) is 0. The molecule has 0 aromatic rings. The van der Waals surface area contributed by atoms with Gasteiger partial charge in [-0.1, -0.05) is 12.2 Å². The normalized spacial score (nSPS) is 15.4. The first kappa shape index (κ1) is 16.1. The van der Waals surface area contributed by atoms with Gasteiger partial charge in [-0.25, -0.2) is 0 Å². The van der Waals surface area contributed by atoms with Gasteiger partial charge in [-0.3, -0.25) is 13.7 Å². The zero-order valence-electron chi connectivity index (χ0n) is 8.67. The molecule has 0 fully saturated rings. The molecular weight excluding hydrogens is 274 g/mol. The topological polar surface area (TPSA) is 132 Å². The van der Waals surface area contributed by atoms with Crippen molar-refractivity contribution < 1.29 is 30.5 Å². The lowest BCUT2D eigenvalue weighted by Gasteiger charge is -2.19. The van der Waals surface area contributed by atoms with Gasteiger partial charge < -0.3 is 4.90 Å². The lowest BCUT2D eigenvalue weighted by Crippen LogP contribution is -2.25. The van der Waals surface area contributed by atoms with Crippen LogP contribution in [0.15, 0.2) is 24.4 Å². The molecule has 1 aliphatic rings. The molecule has 0 saturated carbocycles. The van der Waals surface area contributed by atoms with Crippen molar-refractivity contribution in [3.05, 3.63) is 24.4 Å². The van der Waals surface area contributed by atoms with Crippen LogP contribution in [0, 0.1) is 0 Å². The maximum absolute atomic E-state index is 10.4. The molecule has 0 unspecified atom stereocenters. The van der Waals surface area contributed by atoms with E-state index in [9.17, 15) is 8.42 Å². The van der Waals surface area contributed by atoms with E-state index in [1.807, 2.05) is 23.1 Å². The van der Waals surface area contributed by atoms with Gasteiger partial charge in [0.05, 0.1) is 5.75 Å². The van der Waals surface area contributed by atoms with Crippen molar-refractivity contribution >= 4 is 20.5 Å². The summed E-state index contributed by atoms with van der Waals surface area (Å²) in [4.78, 5) is 1.81. The second kappa shape index (κ2) is 6.71. The third-order valence-electron chi connectivity index (χ3n) is 1.52. The van der Waals surface area contributed by atoms with Crippen LogP contribution >= 0.6 is 0 Å². The van der Waals surface area contributed by atoms with Crippen molar-refractivity contribution in [2.75, 3.05) is 18.8 Å². The Kier molecular flexibility index (Phi) is 6.34. The molecule has 0 spiro atoms. The summed E-state index contributed by atoms with van der Waals surface area (Å²) in [6.45, 7) is 1.03. The lowest BCUT2D eigenvalue weighted by molar-refractivity contribution is 0.381. The smallest absolute Gasteiger partial charge is 0.373 e. The van der Waals surface area contributed by atoms with Crippen molar-refractivity contribution in [2.24, 2.45) is 0 Å². The molecule has 0 saturated heterocycles. The summed E-state index contributed by atoms with van der Waals surface area (Å²) in [5.74, 6) is -0.217. The number of allylic oxidation sites excluding steroid dienone is 2. The quantitative estimate of drug-likeness (QED) is 0.598. The third-order valence-corrected chi connectivity index (χ3v) is 2.22. The Morgan fingerprint density at radius 3 is 1.94 bits per heavy atom. The first-order valence-electron chi connectivity index (χ1n) is 4.30. The fourth-order valence-corrected chi connectivity index (χ4v) is 1.37. The molecule has 0 amide bonds. The highest BCUT2D eigenvalue weighted by atomic mass is 32.3. The summed E-state index contributed by atoms with van der Waals surface area (Å²) < 4.78 is 60.8. The first-order valence-corrected chi connectivity index (χ1v) is 7.31. The second-order valence-electron chi connectivity index (χ2n) is 3.00. The van der Waals surface area contributed by atoms with Crippen LogP contribution in [-0.2, 0) is 20.5 Å². The van der Waals surface area contributed by atoms with Crippen LogP contribution in [-0.4, -0.2) is 54.2 Å². The van der Waals surface area contributed by atoms with Crippen LogP contribution in [0.1, 0.15) is 0 Å². The van der Waals surface area contributed by atoms with Crippen molar-refractivity contribution in [3.63, 3.8) is 0 Å². The molecule has 0 aliphatic carbocycles. The van der Waals surface area contributed by atoms with Gasteiger partial charge in [-0.2, -0.15) is 16.8 Å². The molecule has 17 heavy (non-hydrogen) atoms. The van der Waals surface area contributed by atoms with E-state index < -0.39 is 20.5 Å². The van der Waals surface area contributed by atoms with Crippen LogP contribution in [0.5, 0.6) is 0 Å². The largest absolute Gasteiger partial charge is 0.394 e. The van der Waals surface area contributed by atoms with Crippen molar-refractivity contribution in [3.8, 4) is 0 Å². The fourth-order valence-electron chi connectivity index (χ4n) is 0.906. The molecule has 0 radical (unpaired) electrons. The standard InChI is InChI=1S/C7H11NO3S.H2O4S/c9-12(10,11)7-6-8-4-2-1-3-5-8;1-5(2,3)4/h1-4H,5-7H2,(H,9,10,11);(H2,1,2,3,4). The van der Waals surface area contributed by atoms with Gasteiger partial charge in [-0.15, -0.1) is 0 Å². The highest BCUT2D eigenvalue weighted by Crippen LogP contribution is 1.98. The molecule has 100 valence electrons. The van der Waals surface area contributed by atoms with Crippen LogP contribution < -0.4 is 0 Å². The predicted molar refractivity (Wildman–Crippen MR) is 60.4 cm³/mol. The number of nitrogens with zero attached hydrogens (tertiary/aromatic N) is 1. The van der Waals surface area contributed by atoms with Gasteiger partial charge in [0.1, 0.15) is 0 Å². The first-order chi connectivity index (χ1) is 7.58. The van der Waals surface area contributed by atoms with Gasteiger partial charge in [0.25, 0.3) is 10.1 Å². The van der Waals surface area contributed by atoms with Crippen molar-refractivity contribution in [1.82, 2.24) is 4.90 Å². The Labute approximate surface area is 99.6 Å². The van der Waals surface area contributed by atoms with E-state index in [1.165, 1.54) is 0 Å². The maximum atomic E-state index is 10.4. The summed E-state index contributed by atoms with van der Waals surface area (Å²) in [5.41, 5.74) is 0. The fraction of sp³-hybridized carbons (Fsp3) is 0.429. The molecule has 1 rings (SSSR count). The van der Waals surface area contributed by atoms with Gasteiger partial charge in [0.2, 0.25) is 0 Å². The van der Waals surface area contributed by atoms with Gasteiger partial charge in [0, 0.05) is 13.1 Å². The Bertz CT molecular complexity index is 468. The van der Waals surface area contributed by atoms with Crippen LogP contribution in [0.25, 0.3) is 0 Å². The Hall–Kier alpha value is -0.940. The Morgan fingerprint density at radius 1 is 1.06 bits per heavy atom. The van der Waals surface area contributed by atoms with Gasteiger partial charge in [-0.05, 0) is 12.3 Å². The minimum atomic E-state index is -4.67. The van der Waals surface area contributed by atoms with E-state index in [0.29, 0.717) is 13.1 Å². The van der Waals surface area contributed by atoms with Gasteiger partial charge in [0.15, 0.2) is 0 Å². The number of hydrogen-bond acceptors (Lipinski definition) is 5. The number of rotatable bonds is 3. The average Bonchev–Trinajstić information content (AvgIpc) is 2.13. The lowest BCUT2D eigenvalue weighted by atomic mass is 10.3. The van der Waals surface area contributed by atoms with Crippen LogP contribution in [0.4, 0.5) is 0 Å². The van der Waals surface area contributed by atoms with E-state index in [-0.39, 0.29) is 5.75 Å². The Balaban J connectivity index is 0.000000437. The van der Waals surface area contributed by atoms with Crippen LogP contribution in [0.3, 0.4) is 0 Å². The zero-order valence-corrected chi connectivity index (χ0v) is 10.3. The third kappa shape index (κ3) is 15.1. The van der Waals surface area contributed by atoms with Gasteiger partial charge >= 0.3 is 10.4 Å². The minimum absolute atomic E-state index is 0.217. The van der Waals surface area contributed by atoms with Crippen molar-refractivity contribution in [2.45, 2.75) is 0 Å². The summed E-state index contributed by atoms with van der Waals surface area (Å²) in [6.07, 6.45) is 7.44. The molecule has 8 nitrogen and oxygen atoms in total. The number of hydrogen-bond donors (Lipinski definition) is 3. The molecule has 0 bridgehead atoms. The second-order valence-corrected chi connectivity index (χ2v) is 5.47. The summed E-state index contributed by atoms with van der Waals surface area (Å²) in [5, 5.41) is 0. The summed E-state index contributed by atoms with van der Waals surface area (Å²) >= 11 is 0. The SMILES string of the molecule is O=S(=O)(O)CCN1C=CC=CC1.O=S(=O)(O)O. The van der Waals surface area contributed by atoms with E-state index in [4.69, 9.17) is 22.1 Å². The highest BCUT2D eigenvalue weighted by Gasteiger charge is 2.07. The van der Waals surface area contributed by atoms with E-state index in [0.717, 1.165) is 0 Å². The highest BCUT2D eigenvalue weighted by molar-refractivity contribution is 7.85. The van der Waals surface area contributed by atoms with E-state index in [1.54, 1.807) is 6.20 Å². The molecule has 0 aromatic carbocycles. The van der Waals surface area contributed by atoms with Crippen molar-refractivity contribution in [1.29, 1.82) is 0 Å². The molecule has 10 heteroatoms. The maximum Gasteiger partial charge on any atom is 0.394 e. The molecule has 0 atom stereocenters. The predicted octanol–water partition coefficient (Wildman–Crippen LogP) is -0.393.